The number of sulfonamides is 1. The number of nitrogens with zero attached hydrogens (tertiary/aromatic N) is 1. The van der Waals surface area contributed by atoms with Crippen LogP contribution in [0.5, 0.6) is 0 Å². The molecular weight excluding hydrogens is 282 g/mol. The van der Waals surface area contributed by atoms with E-state index in [-0.39, 0.29) is 4.90 Å². The summed E-state index contributed by atoms with van der Waals surface area (Å²) >= 11 is 0. The summed E-state index contributed by atoms with van der Waals surface area (Å²) in [6.07, 6.45) is 3.05. The number of anilines is 1. The third-order valence-corrected chi connectivity index (χ3v) is 4.77. The van der Waals surface area contributed by atoms with Gasteiger partial charge in [-0.2, -0.15) is 0 Å². The third kappa shape index (κ3) is 3.45. The molecule has 0 heterocycles. The minimum atomic E-state index is -3.87. The number of hydrogen-bond donors (Lipinski definition) is 2. The van der Waals surface area contributed by atoms with Gasteiger partial charge < -0.3 is 5.32 Å². The van der Waals surface area contributed by atoms with Gasteiger partial charge in [-0.25, -0.2) is 13.1 Å². The predicted molar refractivity (Wildman–Crippen MR) is 75.2 cm³/mol. The van der Waals surface area contributed by atoms with Crippen LogP contribution in [0.4, 0.5) is 11.4 Å². The van der Waals surface area contributed by atoms with Crippen LogP contribution in [0.2, 0.25) is 0 Å². The largest absolute Gasteiger partial charge is 0.388 e. The third-order valence-electron chi connectivity index (χ3n) is 3.28. The Morgan fingerprint density at radius 3 is 2.65 bits per heavy atom. The highest BCUT2D eigenvalue weighted by Gasteiger charge is 2.27. The maximum Gasteiger partial charge on any atom is 0.289 e. The van der Waals surface area contributed by atoms with Crippen molar-refractivity contribution < 1.29 is 13.3 Å². The molecule has 0 atom stereocenters. The van der Waals surface area contributed by atoms with E-state index < -0.39 is 20.6 Å². The number of benzene rings is 1. The van der Waals surface area contributed by atoms with E-state index in [9.17, 15) is 18.5 Å². The van der Waals surface area contributed by atoms with E-state index in [2.05, 4.69) is 10.0 Å². The Hall–Kier alpha value is -1.67. The Bertz CT molecular complexity index is 611. The van der Waals surface area contributed by atoms with Crippen LogP contribution < -0.4 is 10.0 Å². The van der Waals surface area contributed by atoms with Gasteiger partial charge in [0.25, 0.3) is 5.69 Å². The Balaban J connectivity index is 2.24. The zero-order chi connectivity index (χ0) is 14.8. The van der Waals surface area contributed by atoms with Crippen molar-refractivity contribution in [2.75, 3.05) is 18.9 Å². The van der Waals surface area contributed by atoms with Crippen LogP contribution >= 0.6 is 0 Å². The van der Waals surface area contributed by atoms with E-state index >= 15 is 0 Å². The minimum absolute atomic E-state index is 0.301. The van der Waals surface area contributed by atoms with Crippen molar-refractivity contribution in [3.8, 4) is 0 Å². The summed E-state index contributed by atoms with van der Waals surface area (Å²) < 4.78 is 26.8. The molecule has 1 saturated carbocycles. The van der Waals surface area contributed by atoms with Crippen molar-refractivity contribution in [1.29, 1.82) is 0 Å². The fourth-order valence-electron chi connectivity index (χ4n) is 1.92. The average Bonchev–Trinajstić information content (AvgIpc) is 3.21. The molecule has 20 heavy (non-hydrogen) atoms. The van der Waals surface area contributed by atoms with Gasteiger partial charge in [0.15, 0.2) is 4.90 Å². The normalized spacial score (nSPS) is 15.1. The quantitative estimate of drug-likeness (QED) is 0.589. The van der Waals surface area contributed by atoms with Crippen LogP contribution in [0, 0.1) is 16.0 Å². The van der Waals surface area contributed by atoms with Gasteiger partial charge in [0.05, 0.1) is 4.92 Å². The molecule has 1 fully saturated rings. The van der Waals surface area contributed by atoms with Gasteiger partial charge in [-0.15, -0.1) is 0 Å². The summed E-state index contributed by atoms with van der Waals surface area (Å²) in [6.45, 7) is 0.313. The summed E-state index contributed by atoms with van der Waals surface area (Å²) in [6, 6.07) is 3.94. The van der Waals surface area contributed by atoms with Gasteiger partial charge in [-0.3, -0.25) is 10.1 Å². The Kier molecular flexibility index (Phi) is 4.24. The van der Waals surface area contributed by atoms with Crippen molar-refractivity contribution in [1.82, 2.24) is 4.72 Å². The minimum Gasteiger partial charge on any atom is -0.388 e. The molecule has 1 aliphatic rings. The van der Waals surface area contributed by atoms with E-state index in [1.165, 1.54) is 18.2 Å². The topological polar surface area (TPSA) is 101 Å². The molecule has 1 aromatic rings. The number of rotatable bonds is 7. The summed E-state index contributed by atoms with van der Waals surface area (Å²) in [5.74, 6) is 0.594. The van der Waals surface area contributed by atoms with Gasteiger partial charge in [0, 0.05) is 25.3 Å². The molecule has 8 heteroatoms. The maximum atomic E-state index is 12.2. The van der Waals surface area contributed by atoms with E-state index in [0.717, 1.165) is 19.3 Å². The smallest absolute Gasteiger partial charge is 0.289 e. The summed E-state index contributed by atoms with van der Waals surface area (Å²) in [5, 5.41) is 13.7. The molecular formula is C12H17N3O4S. The zero-order valence-electron chi connectivity index (χ0n) is 11.1. The van der Waals surface area contributed by atoms with Gasteiger partial charge in [0.1, 0.15) is 0 Å². The fourth-order valence-corrected chi connectivity index (χ4v) is 3.16. The molecule has 2 rings (SSSR count). The predicted octanol–water partition coefficient (Wildman–Crippen LogP) is 1.71. The molecule has 0 amide bonds. The molecule has 1 aromatic carbocycles. The molecule has 0 aromatic heterocycles. The fraction of sp³-hybridized carbons (Fsp3) is 0.500. The molecule has 110 valence electrons. The first-order valence-electron chi connectivity index (χ1n) is 6.40. The second-order valence-electron chi connectivity index (χ2n) is 4.82. The number of nitrogens with one attached hydrogen (secondary N) is 2. The van der Waals surface area contributed by atoms with E-state index in [4.69, 9.17) is 0 Å². The Labute approximate surface area is 117 Å². The molecule has 1 aliphatic carbocycles. The van der Waals surface area contributed by atoms with Crippen LogP contribution in [0.3, 0.4) is 0 Å². The highest BCUT2D eigenvalue weighted by atomic mass is 32.2. The lowest BCUT2D eigenvalue weighted by Gasteiger charge is -2.08. The van der Waals surface area contributed by atoms with E-state index in [0.29, 0.717) is 18.2 Å². The molecule has 0 unspecified atom stereocenters. The van der Waals surface area contributed by atoms with Crippen LogP contribution in [0.15, 0.2) is 23.1 Å². The molecule has 0 bridgehead atoms. The van der Waals surface area contributed by atoms with Crippen LogP contribution in [-0.2, 0) is 10.0 Å². The zero-order valence-corrected chi connectivity index (χ0v) is 11.9. The van der Waals surface area contributed by atoms with Gasteiger partial charge >= 0.3 is 0 Å². The summed E-state index contributed by atoms with van der Waals surface area (Å²) in [5.41, 5.74) is 0.0982. The Morgan fingerprint density at radius 2 is 2.10 bits per heavy atom. The maximum absolute atomic E-state index is 12.2. The van der Waals surface area contributed by atoms with Crippen molar-refractivity contribution in [2.24, 2.45) is 5.92 Å². The molecule has 0 aliphatic heterocycles. The lowest BCUT2D eigenvalue weighted by molar-refractivity contribution is -0.387. The molecule has 0 saturated heterocycles. The second kappa shape index (κ2) is 5.76. The van der Waals surface area contributed by atoms with E-state index in [1.807, 2.05) is 0 Å². The number of nitro benzene ring substituents is 1. The van der Waals surface area contributed by atoms with Crippen LogP contribution in [0.25, 0.3) is 0 Å². The SMILES string of the molecule is CNc1ccc([N+](=O)[O-])c(S(=O)(=O)NCCC2CC2)c1. The molecule has 0 radical (unpaired) electrons. The lowest BCUT2D eigenvalue weighted by atomic mass is 10.3. The monoisotopic (exact) mass is 299 g/mol. The Morgan fingerprint density at radius 1 is 1.40 bits per heavy atom. The van der Waals surface area contributed by atoms with Crippen LogP contribution in [-0.4, -0.2) is 26.9 Å². The van der Waals surface area contributed by atoms with Gasteiger partial charge in [-0.1, -0.05) is 12.8 Å². The highest BCUT2D eigenvalue weighted by Crippen LogP contribution is 2.32. The highest BCUT2D eigenvalue weighted by molar-refractivity contribution is 7.89. The number of hydrogen-bond acceptors (Lipinski definition) is 5. The summed E-state index contributed by atoms with van der Waals surface area (Å²) in [7, 11) is -2.24. The first kappa shape index (κ1) is 14.7. The average molecular weight is 299 g/mol. The van der Waals surface area contributed by atoms with Crippen LogP contribution in [0.1, 0.15) is 19.3 Å². The van der Waals surface area contributed by atoms with Crippen molar-refractivity contribution in [2.45, 2.75) is 24.2 Å². The lowest BCUT2D eigenvalue weighted by Crippen LogP contribution is -2.26. The summed E-state index contributed by atoms with van der Waals surface area (Å²) in [4.78, 5) is 9.97. The second-order valence-corrected chi connectivity index (χ2v) is 6.55. The first-order chi connectivity index (χ1) is 9.44. The van der Waals surface area contributed by atoms with Crippen molar-refractivity contribution in [3.63, 3.8) is 0 Å². The molecule has 7 nitrogen and oxygen atoms in total. The van der Waals surface area contributed by atoms with Gasteiger partial charge in [0.2, 0.25) is 10.0 Å². The first-order valence-corrected chi connectivity index (χ1v) is 7.88. The number of nitro groups is 1. The van der Waals surface area contributed by atoms with Crippen molar-refractivity contribution in [3.05, 3.63) is 28.3 Å². The molecule has 2 N–H and O–H groups in total. The van der Waals surface area contributed by atoms with Crippen molar-refractivity contribution >= 4 is 21.4 Å². The molecule has 0 spiro atoms. The van der Waals surface area contributed by atoms with Gasteiger partial charge in [-0.05, 0) is 24.5 Å². The standard InChI is InChI=1S/C12H17N3O4S/c1-13-10-4-5-11(15(16)17)12(8-10)20(18,19)14-7-6-9-2-3-9/h4-5,8-9,13-14H,2-3,6-7H2,1H3. The van der Waals surface area contributed by atoms with E-state index in [1.54, 1.807) is 7.05 Å².